The van der Waals surface area contributed by atoms with Gasteiger partial charge in [-0.15, -0.1) is 5.10 Å². The molecular formula is C19H22N6O2. The summed E-state index contributed by atoms with van der Waals surface area (Å²) in [5.41, 5.74) is 3.31. The van der Waals surface area contributed by atoms with E-state index in [-0.39, 0.29) is 23.5 Å². The highest BCUT2D eigenvalue weighted by Crippen LogP contribution is 2.16. The van der Waals surface area contributed by atoms with Gasteiger partial charge in [0.15, 0.2) is 11.2 Å². The fourth-order valence-corrected chi connectivity index (χ4v) is 3.38. The summed E-state index contributed by atoms with van der Waals surface area (Å²) < 4.78 is 2.87. The van der Waals surface area contributed by atoms with Crippen LogP contribution < -0.4 is 5.56 Å². The maximum absolute atomic E-state index is 12.7. The molecule has 8 nitrogen and oxygen atoms in total. The van der Waals surface area contributed by atoms with E-state index in [1.54, 1.807) is 4.68 Å². The first-order valence-corrected chi connectivity index (χ1v) is 9.21. The molecule has 4 rings (SSSR count). The van der Waals surface area contributed by atoms with E-state index in [1.165, 1.54) is 16.5 Å². The Hall–Kier alpha value is -3.03. The number of nitrogens with zero attached hydrogens (tertiary/aromatic N) is 6. The maximum Gasteiger partial charge on any atom is 0.284 e. The van der Waals surface area contributed by atoms with Crippen LogP contribution in [0.2, 0.25) is 0 Å². The molecule has 3 heterocycles. The third kappa shape index (κ3) is 3.22. The number of carbonyl (C=O) groups is 1. The molecule has 1 aliphatic heterocycles. The molecule has 1 fully saturated rings. The zero-order valence-corrected chi connectivity index (χ0v) is 15.6. The van der Waals surface area contributed by atoms with E-state index in [0.29, 0.717) is 5.65 Å². The molecule has 0 bridgehead atoms. The van der Waals surface area contributed by atoms with Gasteiger partial charge in [0.05, 0.1) is 5.69 Å². The summed E-state index contributed by atoms with van der Waals surface area (Å²) in [5.74, 6) is -0.0560. The lowest BCUT2D eigenvalue weighted by Gasteiger charge is -2.26. The summed E-state index contributed by atoms with van der Waals surface area (Å²) in [6.45, 7) is 5.55. The van der Waals surface area contributed by atoms with Crippen molar-refractivity contribution < 1.29 is 4.79 Å². The van der Waals surface area contributed by atoms with Gasteiger partial charge in [0.25, 0.3) is 5.56 Å². The Kier molecular flexibility index (Phi) is 4.47. The van der Waals surface area contributed by atoms with Gasteiger partial charge in [0, 0.05) is 13.1 Å². The number of fused-ring (bicyclic) bond motifs is 1. The van der Waals surface area contributed by atoms with Crippen LogP contribution in [0.4, 0.5) is 0 Å². The van der Waals surface area contributed by atoms with Crippen LogP contribution in [-0.2, 0) is 11.3 Å². The quantitative estimate of drug-likeness (QED) is 0.703. The molecule has 27 heavy (non-hydrogen) atoms. The van der Waals surface area contributed by atoms with Gasteiger partial charge in [-0.3, -0.25) is 14.2 Å². The Labute approximate surface area is 156 Å². The van der Waals surface area contributed by atoms with Gasteiger partial charge in [-0.2, -0.15) is 4.68 Å². The number of hydrogen-bond acceptors (Lipinski definition) is 5. The molecule has 8 heteroatoms. The molecular weight excluding hydrogens is 344 g/mol. The van der Waals surface area contributed by atoms with Crippen molar-refractivity contribution in [3.05, 3.63) is 46.0 Å². The van der Waals surface area contributed by atoms with Crippen LogP contribution in [0.1, 0.15) is 30.4 Å². The number of piperidine rings is 1. The number of rotatable bonds is 3. The summed E-state index contributed by atoms with van der Waals surface area (Å²) in [7, 11) is 0. The topological polar surface area (TPSA) is 85.9 Å². The SMILES string of the molecule is Cc1ccc(-n2nnc3c(=O)n(CC(=O)N4CCCCC4)cnc32)cc1C. The van der Waals surface area contributed by atoms with Crippen molar-refractivity contribution in [1.82, 2.24) is 29.4 Å². The zero-order chi connectivity index (χ0) is 19.0. The second-order valence-electron chi connectivity index (χ2n) is 7.06. The fourth-order valence-electron chi connectivity index (χ4n) is 3.38. The molecule has 0 aliphatic carbocycles. The monoisotopic (exact) mass is 366 g/mol. The predicted molar refractivity (Wildman–Crippen MR) is 101 cm³/mol. The number of amides is 1. The third-order valence-electron chi connectivity index (χ3n) is 5.18. The number of aromatic nitrogens is 5. The van der Waals surface area contributed by atoms with Crippen LogP contribution in [0.25, 0.3) is 16.9 Å². The van der Waals surface area contributed by atoms with Crippen LogP contribution in [0, 0.1) is 13.8 Å². The predicted octanol–water partition coefficient (Wildman–Crippen LogP) is 1.61. The molecule has 1 saturated heterocycles. The normalized spacial score (nSPS) is 14.7. The first-order valence-electron chi connectivity index (χ1n) is 9.21. The molecule has 0 spiro atoms. The molecule has 3 aromatic rings. The summed E-state index contributed by atoms with van der Waals surface area (Å²) >= 11 is 0. The lowest BCUT2D eigenvalue weighted by atomic mass is 10.1. The van der Waals surface area contributed by atoms with Gasteiger partial charge in [0.2, 0.25) is 5.91 Å². The van der Waals surface area contributed by atoms with Crippen molar-refractivity contribution in [2.45, 2.75) is 39.7 Å². The lowest BCUT2D eigenvalue weighted by Crippen LogP contribution is -2.39. The number of hydrogen-bond donors (Lipinski definition) is 0. The molecule has 0 N–H and O–H groups in total. The van der Waals surface area contributed by atoms with Crippen LogP contribution >= 0.6 is 0 Å². The molecule has 0 atom stereocenters. The summed E-state index contributed by atoms with van der Waals surface area (Å²) in [5, 5.41) is 8.12. The molecule has 0 radical (unpaired) electrons. The highest BCUT2D eigenvalue weighted by atomic mass is 16.2. The smallest absolute Gasteiger partial charge is 0.284 e. The highest BCUT2D eigenvalue weighted by molar-refractivity contribution is 5.77. The van der Waals surface area contributed by atoms with Gasteiger partial charge >= 0.3 is 0 Å². The van der Waals surface area contributed by atoms with Crippen LogP contribution in [0.5, 0.6) is 0 Å². The van der Waals surface area contributed by atoms with Crippen LogP contribution in [-0.4, -0.2) is 48.4 Å². The number of carbonyl (C=O) groups excluding carboxylic acids is 1. The average molecular weight is 366 g/mol. The average Bonchev–Trinajstić information content (AvgIpc) is 3.12. The molecule has 0 saturated carbocycles. The molecule has 2 aromatic heterocycles. The number of aryl methyl sites for hydroxylation is 2. The van der Waals surface area contributed by atoms with Gasteiger partial charge in [-0.25, -0.2) is 4.98 Å². The Morgan fingerprint density at radius 3 is 2.63 bits per heavy atom. The van der Waals surface area contributed by atoms with E-state index in [1.807, 2.05) is 36.9 Å². The standard InChI is InChI=1S/C19H22N6O2/c1-13-6-7-15(10-14(13)2)25-18-17(21-22-25)19(27)24(12-20-18)11-16(26)23-8-4-3-5-9-23/h6-7,10,12H,3-5,8-9,11H2,1-2H3. The van der Waals surface area contributed by atoms with Crippen molar-refractivity contribution in [3.63, 3.8) is 0 Å². The van der Waals surface area contributed by atoms with Crippen molar-refractivity contribution in [3.8, 4) is 5.69 Å². The summed E-state index contributed by atoms with van der Waals surface area (Å²) in [6, 6.07) is 5.90. The zero-order valence-electron chi connectivity index (χ0n) is 15.6. The Balaban J connectivity index is 1.66. The number of benzene rings is 1. The van der Waals surface area contributed by atoms with Crippen LogP contribution in [0.3, 0.4) is 0 Å². The van der Waals surface area contributed by atoms with Crippen molar-refractivity contribution >= 4 is 17.1 Å². The van der Waals surface area contributed by atoms with E-state index < -0.39 is 0 Å². The van der Waals surface area contributed by atoms with Crippen LogP contribution in [0.15, 0.2) is 29.3 Å². The van der Waals surface area contributed by atoms with Crippen molar-refractivity contribution in [2.24, 2.45) is 0 Å². The van der Waals surface area contributed by atoms with E-state index in [0.717, 1.165) is 43.6 Å². The second-order valence-corrected chi connectivity index (χ2v) is 7.06. The molecule has 1 aromatic carbocycles. The minimum atomic E-state index is -0.347. The third-order valence-corrected chi connectivity index (χ3v) is 5.18. The Morgan fingerprint density at radius 1 is 1.11 bits per heavy atom. The Morgan fingerprint density at radius 2 is 1.89 bits per heavy atom. The lowest BCUT2D eigenvalue weighted by molar-refractivity contribution is -0.132. The van der Waals surface area contributed by atoms with Crippen molar-refractivity contribution in [1.29, 1.82) is 0 Å². The molecule has 0 unspecified atom stereocenters. The van der Waals surface area contributed by atoms with E-state index in [4.69, 9.17) is 0 Å². The summed E-state index contributed by atoms with van der Waals surface area (Å²) in [6.07, 6.45) is 4.59. The second kappa shape index (κ2) is 6.94. The minimum absolute atomic E-state index is 0.0156. The van der Waals surface area contributed by atoms with E-state index in [2.05, 4.69) is 15.3 Å². The van der Waals surface area contributed by atoms with E-state index in [9.17, 15) is 9.59 Å². The van der Waals surface area contributed by atoms with Gasteiger partial charge in [-0.1, -0.05) is 11.3 Å². The fraction of sp³-hybridized carbons (Fsp3) is 0.421. The minimum Gasteiger partial charge on any atom is -0.341 e. The molecule has 140 valence electrons. The van der Waals surface area contributed by atoms with Gasteiger partial charge < -0.3 is 4.90 Å². The van der Waals surface area contributed by atoms with Gasteiger partial charge in [0.1, 0.15) is 12.9 Å². The summed E-state index contributed by atoms with van der Waals surface area (Å²) in [4.78, 5) is 31.4. The molecule has 1 amide bonds. The first kappa shape index (κ1) is 17.4. The van der Waals surface area contributed by atoms with Gasteiger partial charge in [-0.05, 0) is 56.4 Å². The number of likely N-dealkylation sites (tertiary alicyclic amines) is 1. The Bertz CT molecular complexity index is 1060. The van der Waals surface area contributed by atoms with E-state index >= 15 is 0 Å². The highest BCUT2D eigenvalue weighted by Gasteiger charge is 2.19. The first-order chi connectivity index (χ1) is 13.0. The maximum atomic E-state index is 12.7. The largest absolute Gasteiger partial charge is 0.341 e. The molecule has 1 aliphatic rings. The van der Waals surface area contributed by atoms with Crippen molar-refractivity contribution in [2.75, 3.05) is 13.1 Å².